The first-order valence-corrected chi connectivity index (χ1v) is 8.81. The van der Waals surface area contributed by atoms with Gasteiger partial charge < -0.3 is 20.3 Å². The maximum atomic E-state index is 11.9. The average Bonchev–Trinajstić information content (AvgIpc) is 3.16. The molecule has 8 heteroatoms. The Balaban J connectivity index is 1.47. The quantitative estimate of drug-likeness (QED) is 0.774. The summed E-state index contributed by atoms with van der Waals surface area (Å²) in [6, 6.07) is 1.53. The average molecular weight is 335 g/mol. The van der Waals surface area contributed by atoms with Gasteiger partial charge in [0.2, 0.25) is 0 Å². The van der Waals surface area contributed by atoms with E-state index >= 15 is 0 Å². The van der Waals surface area contributed by atoms with Gasteiger partial charge in [-0.3, -0.25) is 0 Å². The van der Waals surface area contributed by atoms with Crippen LogP contribution in [-0.4, -0.2) is 32.4 Å². The van der Waals surface area contributed by atoms with Crippen LogP contribution >= 0.6 is 11.3 Å². The van der Waals surface area contributed by atoms with Crippen LogP contribution in [0.2, 0.25) is 0 Å². The van der Waals surface area contributed by atoms with Gasteiger partial charge in [0, 0.05) is 19.5 Å². The van der Waals surface area contributed by atoms with E-state index in [1.165, 1.54) is 17.8 Å². The van der Waals surface area contributed by atoms with E-state index in [1.807, 2.05) is 16.8 Å². The first kappa shape index (κ1) is 15.9. The third kappa shape index (κ3) is 4.08. The Labute approximate surface area is 138 Å². The number of nitrogens with one attached hydrogen (secondary N) is 2. The maximum absolute atomic E-state index is 11.9. The second-order valence-electron chi connectivity index (χ2n) is 5.63. The molecule has 2 amide bonds. The summed E-state index contributed by atoms with van der Waals surface area (Å²) in [5.74, 6) is 1.79. The zero-order valence-electron chi connectivity index (χ0n) is 12.9. The Bertz CT molecular complexity index is 640. The van der Waals surface area contributed by atoms with Crippen molar-refractivity contribution in [3.63, 3.8) is 0 Å². The number of urea groups is 1. The second kappa shape index (κ2) is 7.56. The summed E-state index contributed by atoms with van der Waals surface area (Å²) in [6.07, 6.45) is 3.74. The minimum absolute atomic E-state index is 0.181. The molecule has 1 aliphatic rings. The number of aryl methyl sites for hydroxylation is 1. The predicted octanol–water partition coefficient (Wildman–Crippen LogP) is 1.60. The summed E-state index contributed by atoms with van der Waals surface area (Å²) < 4.78 is 2.10. The molecular weight excluding hydrogens is 314 g/mol. The topological polar surface area (TPSA) is 92.1 Å². The van der Waals surface area contributed by atoms with E-state index in [-0.39, 0.29) is 12.6 Å². The van der Waals surface area contributed by atoms with E-state index in [4.69, 9.17) is 0 Å². The third-order valence-corrected chi connectivity index (χ3v) is 4.68. The normalized spacial score (nSPS) is 15.5. The zero-order chi connectivity index (χ0) is 16.1. The molecule has 0 aromatic carbocycles. The molecule has 1 aliphatic heterocycles. The number of aromatic nitrogens is 3. The van der Waals surface area contributed by atoms with E-state index in [9.17, 15) is 9.90 Å². The van der Waals surface area contributed by atoms with Crippen molar-refractivity contribution in [3.05, 3.63) is 34.0 Å². The van der Waals surface area contributed by atoms with Crippen LogP contribution in [0.25, 0.3) is 0 Å². The van der Waals surface area contributed by atoms with E-state index in [1.54, 1.807) is 0 Å². The molecular formula is C15H21N5O2S. The van der Waals surface area contributed by atoms with Crippen molar-refractivity contribution in [3.8, 4) is 0 Å². The van der Waals surface area contributed by atoms with Crippen molar-refractivity contribution in [2.45, 2.75) is 44.9 Å². The fourth-order valence-corrected chi connectivity index (χ4v) is 3.38. The Morgan fingerprint density at radius 3 is 3.09 bits per heavy atom. The van der Waals surface area contributed by atoms with Crippen LogP contribution in [0.4, 0.5) is 4.79 Å². The molecule has 0 fully saturated rings. The number of fused-ring (bicyclic) bond motifs is 1. The van der Waals surface area contributed by atoms with E-state index < -0.39 is 6.10 Å². The lowest BCUT2D eigenvalue weighted by molar-refractivity contribution is 0.173. The number of carbonyl (C=O) groups is 1. The first-order chi connectivity index (χ1) is 11.2. The van der Waals surface area contributed by atoms with Gasteiger partial charge in [0.25, 0.3) is 0 Å². The van der Waals surface area contributed by atoms with Crippen molar-refractivity contribution < 1.29 is 9.90 Å². The number of nitrogens with zero attached hydrogens (tertiary/aromatic N) is 3. The summed E-state index contributed by atoms with van der Waals surface area (Å²) in [5.41, 5.74) is 0.818. The van der Waals surface area contributed by atoms with Gasteiger partial charge in [0.15, 0.2) is 5.82 Å². The highest BCUT2D eigenvalue weighted by Gasteiger charge is 2.15. The molecule has 0 spiro atoms. The number of aliphatic hydroxyl groups excluding tert-OH is 1. The van der Waals surface area contributed by atoms with Crippen molar-refractivity contribution in [1.82, 2.24) is 25.4 Å². The molecule has 7 nitrogen and oxygen atoms in total. The Hall–Kier alpha value is -1.93. The number of aliphatic hydroxyl groups is 1. The lowest BCUT2D eigenvalue weighted by Gasteiger charge is -2.12. The molecule has 2 aromatic rings. The highest BCUT2D eigenvalue weighted by molar-refractivity contribution is 7.07. The lowest BCUT2D eigenvalue weighted by Crippen LogP contribution is -2.37. The summed E-state index contributed by atoms with van der Waals surface area (Å²) in [5, 5.41) is 27.5. The van der Waals surface area contributed by atoms with Crippen molar-refractivity contribution in [2.75, 3.05) is 6.54 Å². The largest absolute Gasteiger partial charge is 0.387 e. The van der Waals surface area contributed by atoms with Crippen LogP contribution in [0.3, 0.4) is 0 Å². The predicted molar refractivity (Wildman–Crippen MR) is 87.1 cm³/mol. The smallest absolute Gasteiger partial charge is 0.315 e. The minimum atomic E-state index is -0.684. The van der Waals surface area contributed by atoms with Gasteiger partial charge in [-0.2, -0.15) is 11.3 Å². The van der Waals surface area contributed by atoms with Gasteiger partial charge in [-0.15, -0.1) is 10.2 Å². The van der Waals surface area contributed by atoms with Crippen LogP contribution in [-0.2, 0) is 19.5 Å². The van der Waals surface area contributed by atoms with Crippen molar-refractivity contribution >= 4 is 17.4 Å². The molecule has 0 radical (unpaired) electrons. The van der Waals surface area contributed by atoms with Gasteiger partial charge in [0.05, 0.1) is 12.6 Å². The number of carbonyl (C=O) groups excluding carboxylic acids is 1. The molecule has 23 heavy (non-hydrogen) atoms. The fourth-order valence-electron chi connectivity index (χ4n) is 2.67. The Morgan fingerprint density at radius 2 is 2.26 bits per heavy atom. The van der Waals surface area contributed by atoms with Gasteiger partial charge >= 0.3 is 6.03 Å². The molecule has 3 rings (SSSR count). The molecule has 0 saturated heterocycles. The molecule has 3 N–H and O–H groups in total. The second-order valence-corrected chi connectivity index (χ2v) is 6.41. The van der Waals surface area contributed by atoms with Crippen molar-refractivity contribution in [1.29, 1.82) is 0 Å². The molecule has 124 valence electrons. The van der Waals surface area contributed by atoms with E-state index in [0.717, 1.165) is 43.0 Å². The van der Waals surface area contributed by atoms with Crippen molar-refractivity contribution in [2.24, 2.45) is 0 Å². The minimum Gasteiger partial charge on any atom is -0.387 e. The number of amides is 2. The van der Waals surface area contributed by atoms with E-state index in [2.05, 4.69) is 25.4 Å². The molecule has 3 heterocycles. The SMILES string of the molecule is O=C(NCc1nnc2n1CCCCC2)NCC(O)c1ccsc1. The van der Waals surface area contributed by atoms with Crippen LogP contribution in [0.5, 0.6) is 0 Å². The van der Waals surface area contributed by atoms with Gasteiger partial charge in [-0.1, -0.05) is 6.42 Å². The van der Waals surface area contributed by atoms with Crippen LogP contribution in [0.15, 0.2) is 16.8 Å². The summed E-state index contributed by atoms with van der Waals surface area (Å²) in [7, 11) is 0. The van der Waals surface area contributed by atoms with Gasteiger partial charge in [0.1, 0.15) is 5.82 Å². The number of hydrogen-bond donors (Lipinski definition) is 3. The number of rotatable bonds is 5. The standard InChI is InChI=1S/C15H21N5O2S/c21-12(11-5-7-23-10-11)8-16-15(22)17-9-14-19-18-13-4-2-1-3-6-20(13)14/h5,7,10,12,21H,1-4,6,8-9H2,(H2,16,17,22). The molecule has 2 aromatic heterocycles. The van der Waals surface area contributed by atoms with Gasteiger partial charge in [-0.05, 0) is 35.2 Å². The Morgan fingerprint density at radius 1 is 1.35 bits per heavy atom. The summed E-state index contributed by atoms with van der Waals surface area (Å²) >= 11 is 1.52. The molecule has 1 atom stereocenters. The highest BCUT2D eigenvalue weighted by atomic mass is 32.1. The first-order valence-electron chi connectivity index (χ1n) is 7.87. The maximum Gasteiger partial charge on any atom is 0.315 e. The van der Waals surface area contributed by atoms with E-state index in [0.29, 0.717) is 6.54 Å². The number of hydrogen-bond acceptors (Lipinski definition) is 5. The monoisotopic (exact) mass is 335 g/mol. The summed E-state index contributed by atoms with van der Waals surface area (Å²) in [4.78, 5) is 11.9. The number of thiophene rings is 1. The van der Waals surface area contributed by atoms with Crippen LogP contribution in [0.1, 0.15) is 42.6 Å². The Kier molecular flexibility index (Phi) is 5.24. The lowest BCUT2D eigenvalue weighted by atomic mass is 10.2. The van der Waals surface area contributed by atoms with Gasteiger partial charge in [-0.25, -0.2) is 4.79 Å². The van der Waals surface area contributed by atoms with Crippen LogP contribution < -0.4 is 10.6 Å². The van der Waals surface area contributed by atoms with Crippen LogP contribution in [0, 0.1) is 0 Å². The fraction of sp³-hybridized carbons (Fsp3) is 0.533. The molecule has 0 bridgehead atoms. The third-order valence-electron chi connectivity index (χ3n) is 3.98. The molecule has 0 saturated carbocycles. The molecule has 0 aliphatic carbocycles. The molecule has 1 unspecified atom stereocenters. The highest BCUT2D eigenvalue weighted by Crippen LogP contribution is 2.15. The zero-order valence-corrected chi connectivity index (χ0v) is 13.7. The summed E-state index contributed by atoms with van der Waals surface area (Å²) in [6.45, 7) is 1.44.